The smallest absolute Gasteiger partial charge is 0.267 e. The molecule has 1 amide bonds. The third-order valence-corrected chi connectivity index (χ3v) is 5.21. The molecule has 0 unspecified atom stereocenters. The summed E-state index contributed by atoms with van der Waals surface area (Å²) < 4.78 is 31.2. The Balaban J connectivity index is 1.87. The molecule has 1 heterocycles. The van der Waals surface area contributed by atoms with E-state index >= 15 is 0 Å². The van der Waals surface area contributed by atoms with Crippen molar-refractivity contribution in [1.29, 1.82) is 0 Å². The average Bonchev–Trinajstić information content (AvgIpc) is 2.55. The Hall–Kier alpha value is -2.54. The van der Waals surface area contributed by atoms with Gasteiger partial charge in [0.2, 0.25) is 10.0 Å². The van der Waals surface area contributed by atoms with E-state index in [9.17, 15) is 13.2 Å². The van der Waals surface area contributed by atoms with Crippen LogP contribution >= 0.6 is 0 Å². The van der Waals surface area contributed by atoms with E-state index in [1.54, 1.807) is 24.3 Å². The molecule has 0 spiro atoms. The largest absolute Gasteiger partial charge is 0.476 e. The maximum Gasteiger partial charge on any atom is 0.267 e. The fraction of sp³-hybridized carbons (Fsp3) is 0.278. The SMILES string of the molecule is Cc1ccc(NC(=O)[C@@H]2CN(S(C)(=O)=O)c3ccccc3O2)c(C)c1. The molecule has 0 aliphatic carbocycles. The van der Waals surface area contributed by atoms with Gasteiger partial charge in [0, 0.05) is 5.69 Å². The van der Waals surface area contributed by atoms with Crippen LogP contribution in [0, 0.1) is 13.8 Å². The van der Waals surface area contributed by atoms with Crippen LogP contribution in [0.4, 0.5) is 11.4 Å². The number of nitrogens with one attached hydrogen (secondary N) is 1. The Labute approximate surface area is 147 Å². The van der Waals surface area contributed by atoms with Gasteiger partial charge in [0.25, 0.3) is 5.91 Å². The Morgan fingerprint density at radius 2 is 1.92 bits per heavy atom. The van der Waals surface area contributed by atoms with Crippen molar-refractivity contribution in [3.05, 3.63) is 53.6 Å². The van der Waals surface area contributed by atoms with Crippen molar-refractivity contribution in [3.8, 4) is 5.75 Å². The van der Waals surface area contributed by atoms with Crippen molar-refractivity contribution >= 4 is 27.3 Å². The van der Waals surface area contributed by atoms with Gasteiger partial charge in [0.15, 0.2) is 6.10 Å². The zero-order valence-electron chi connectivity index (χ0n) is 14.3. The first-order valence-electron chi connectivity index (χ1n) is 7.87. The monoisotopic (exact) mass is 360 g/mol. The summed E-state index contributed by atoms with van der Waals surface area (Å²) in [7, 11) is -3.52. The molecule has 1 N–H and O–H groups in total. The highest BCUT2D eigenvalue weighted by molar-refractivity contribution is 7.92. The molecule has 2 aromatic rings. The highest BCUT2D eigenvalue weighted by Gasteiger charge is 2.34. The minimum atomic E-state index is -3.52. The Morgan fingerprint density at radius 3 is 2.60 bits per heavy atom. The van der Waals surface area contributed by atoms with E-state index in [0.717, 1.165) is 17.4 Å². The normalized spacial score (nSPS) is 16.8. The van der Waals surface area contributed by atoms with E-state index in [1.165, 1.54) is 4.31 Å². The molecule has 0 saturated carbocycles. The number of carbonyl (C=O) groups excluding carboxylic acids is 1. The van der Waals surface area contributed by atoms with Gasteiger partial charge in [-0.15, -0.1) is 0 Å². The summed E-state index contributed by atoms with van der Waals surface area (Å²) in [4.78, 5) is 12.6. The molecule has 1 aliphatic heterocycles. The van der Waals surface area contributed by atoms with Crippen LogP contribution in [0.5, 0.6) is 5.75 Å². The lowest BCUT2D eigenvalue weighted by atomic mass is 10.1. The Kier molecular flexibility index (Phi) is 4.43. The first kappa shape index (κ1) is 17.3. The van der Waals surface area contributed by atoms with Crippen LogP contribution in [-0.2, 0) is 14.8 Å². The molecule has 0 fully saturated rings. The second-order valence-electron chi connectivity index (χ2n) is 6.18. The standard InChI is InChI=1S/C18H20N2O4S/c1-12-8-9-14(13(2)10-12)19-18(21)17-11-20(25(3,22)23)15-6-4-5-7-16(15)24-17/h4-10,17H,11H2,1-3H3,(H,19,21)/t17-/m0/s1. The van der Waals surface area contributed by atoms with E-state index in [-0.39, 0.29) is 12.5 Å². The highest BCUT2D eigenvalue weighted by atomic mass is 32.2. The lowest BCUT2D eigenvalue weighted by Crippen LogP contribution is -2.48. The second-order valence-corrected chi connectivity index (χ2v) is 8.08. The van der Waals surface area contributed by atoms with Crippen molar-refractivity contribution in [1.82, 2.24) is 0 Å². The number of nitrogens with zero attached hydrogens (tertiary/aromatic N) is 1. The number of hydrogen-bond acceptors (Lipinski definition) is 4. The highest BCUT2D eigenvalue weighted by Crippen LogP contribution is 2.34. The second kappa shape index (κ2) is 6.40. The summed E-state index contributed by atoms with van der Waals surface area (Å²) in [6.45, 7) is 3.82. The summed E-state index contributed by atoms with van der Waals surface area (Å²) in [6.07, 6.45) is 0.194. The van der Waals surface area contributed by atoms with Crippen LogP contribution in [0.2, 0.25) is 0 Å². The quantitative estimate of drug-likeness (QED) is 0.912. The summed E-state index contributed by atoms with van der Waals surface area (Å²) in [5, 5.41) is 2.82. The molecule has 2 aromatic carbocycles. The molecule has 25 heavy (non-hydrogen) atoms. The number of rotatable bonds is 3. The van der Waals surface area contributed by atoms with Crippen molar-refractivity contribution in [2.75, 3.05) is 22.4 Å². The first-order chi connectivity index (χ1) is 11.8. The zero-order valence-corrected chi connectivity index (χ0v) is 15.1. The molecule has 1 aliphatic rings. The van der Waals surface area contributed by atoms with E-state index < -0.39 is 16.1 Å². The number of para-hydroxylation sites is 2. The number of benzene rings is 2. The number of anilines is 2. The van der Waals surface area contributed by atoms with E-state index in [2.05, 4.69) is 5.32 Å². The Morgan fingerprint density at radius 1 is 1.20 bits per heavy atom. The maximum absolute atomic E-state index is 12.6. The van der Waals surface area contributed by atoms with Gasteiger partial charge in [-0.3, -0.25) is 9.10 Å². The molecule has 1 atom stereocenters. The topological polar surface area (TPSA) is 75.7 Å². The molecule has 132 valence electrons. The molecule has 0 aromatic heterocycles. The van der Waals surface area contributed by atoms with Crippen molar-refractivity contribution in [2.24, 2.45) is 0 Å². The van der Waals surface area contributed by atoms with E-state index in [4.69, 9.17) is 4.74 Å². The first-order valence-corrected chi connectivity index (χ1v) is 9.72. The van der Waals surface area contributed by atoms with Gasteiger partial charge >= 0.3 is 0 Å². The Bertz CT molecular complexity index is 924. The number of sulfonamides is 1. The van der Waals surface area contributed by atoms with Crippen molar-refractivity contribution in [2.45, 2.75) is 20.0 Å². The molecule has 7 heteroatoms. The van der Waals surface area contributed by atoms with Crippen LogP contribution < -0.4 is 14.4 Å². The average molecular weight is 360 g/mol. The summed E-state index contributed by atoms with van der Waals surface area (Å²) in [6, 6.07) is 12.5. The van der Waals surface area contributed by atoms with E-state index in [1.807, 2.05) is 32.0 Å². The third-order valence-electron chi connectivity index (χ3n) is 4.07. The van der Waals surface area contributed by atoms with Crippen molar-refractivity contribution < 1.29 is 17.9 Å². The minimum absolute atomic E-state index is 0.0629. The molecular formula is C18H20N2O4S. The predicted molar refractivity (Wildman–Crippen MR) is 97.6 cm³/mol. The molecule has 0 radical (unpaired) electrons. The lowest BCUT2D eigenvalue weighted by Gasteiger charge is -2.33. The number of carbonyl (C=O) groups is 1. The van der Waals surface area contributed by atoms with Crippen LogP contribution in [-0.4, -0.2) is 33.2 Å². The van der Waals surface area contributed by atoms with E-state index in [0.29, 0.717) is 17.1 Å². The van der Waals surface area contributed by atoms with Gasteiger partial charge in [0.1, 0.15) is 5.75 Å². The summed E-state index contributed by atoms with van der Waals surface area (Å²) in [5.74, 6) is -0.00457. The van der Waals surface area contributed by atoms with Crippen LogP contribution in [0.3, 0.4) is 0 Å². The number of ether oxygens (including phenoxy) is 1. The fourth-order valence-electron chi connectivity index (χ4n) is 2.82. The van der Waals surface area contributed by atoms with Gasteiger partial charge in [-0.1, -0.05) is 29.8 Å². The van der Waals surface area contributed by atoms with Gasteiger partial charge in [-0.25, -0.2) is 8.42 Å². The zero-order chi connectivity index (χ0) is 18.2. The maximum atomic E-state index is 12.6. The molecule has 0 bridgehead atoms. The third kappa shape index (κ3) is 3.61. The van der Waals surface area contributed by atoms with Crippen LogP contribution in [0.15, 0.2) is 42.5 Å². The van der Waals surface area contributed by atoms with Gasteiger partial charge in [-0.05, 0) is 37.6 Å². The number of aryl methyl sites for hydroxylation is 2. The molecule has 6 nitrogen and oxygen atoms in total. The predicted octanol–water partition coefficient (Wildman–Crippen LogP) is 2.47. The van der Waals surface area contributed by atoms with Gasteiger partial charge < -0.3 is 10.1 Å². The summed E-state index contributed by atoms with van der Waals surface area (Å²) in [5.41, 5.74) is 3.16. The molecular weight excluding hydrogens is 340 g/mol. The minimum Gasteiger partial charge on any atom is -0.476 e. The number of fused-ring (bicyclic) bond motifs is 1. The van der Waals surface area contributed by atoms with Gasteiger partial charge in [0.05, 0.1) is 18.5 Å². The molecule has 3 rings (SSSR count). The lowest BCUT2D eigenvalue weighted by molar-refractivity contribution is -0.122. The van der Waals surface area contributed by atoms with Crippen LogP contribution in [0.1, 0.15) is 11.1 Å². The van der Waals surface area contributed by atoms with Crippen molar-refractivity contribution in [3.63, 3.8) is 0 Å². The fourth-order valence-corrected chi connectivity index (χ4v) is 3.73. The number of amides is 1. The number of hydrogen-bond donors (Lipinski definition) is 1. The van der Waals surface area contributed by atoms with Crippen LogP contribution in [0.25, 0.3) is 0 Å². The van der Waals surface area contributed by atoms with Gasteiger partial charge in [-0.2, -0.15) is 0 Å². The molecule has 0 saturated heterocycles. The summed E-state index contributed by atoms with van der Waals surface area (Å²) >= 11 is 0.